The third kappa shape index (κ3) is 1.03. The fourth-order valence-electron chi connectivity index (χ4n) is 2.53. The Morgan fingerprint density at radius 1 is 1.31 bits per heavy atom. The van der Waals surface area contributed by atoms with E-state index in [1.165, 1.54) is 31.6 Å². The summed E-state index contributed by atoms with van der Waals surface area (Å²) in [5, 5.41) is 0. The molecule has 13 heavy (non-hydrogen) atoms. The number of fused-ring (bicyclic) bond motifs is 2. The SMILES string of the molecule is C1=CCC2C[N+]3=C(C=CCC3)C2=C1. The van der Waals surface area contributed by atoms with E-state index in [0.29, 0.717) is 0 Å². The van der Waals surface area contributed by atoms with Gasteiger partial charge < -0.3 is 0 Å². The van der Waals surface area contributed by atoms with Crippen molar-refractivity contribution < 1.29 is 4.58 Å². The summed E-state index contributed by atoms with van der Waals surface area (Å²) >= 11 is 0. The van der Waals surface area contributed by atoms with E-state index in [4.69, 9.17) is 0 Å². The third-order valence-corrected chi connectivity index (χ3v) is 3.19. The Labute approximate surface area is 78.8 Å². The Balaban J connectivity index is 2.06. The van der Waals surface area contributed by atoms with Gasteiger partial charge in [0.25, 0.3) is 0 Å². The summed E-state index contributed by atoms with van der Waals surface area (Å²) in [7, 11) is 0. The van der Waals surface area contributed by atoms with Crippen LogP contribution in [0.1, 0.15) is 12.8 Å². The van der Waals surface area contributed by atoms with E-state index < -0.39 is 0 Å². The number of allylic oxidation sites excluding steroid dienone is 4. The Hall–Kier alpha value is -1.11. The molecule has 0 N–H and O–H groups in total. The summed E-state index contributed by atoms with van der Waals surface area (Å²) in [6, 6.07) is 0. The lowest BCUT2D eigenvalue weighted by molar-refractivity contribution is -0.524. The van der Waals surface area contributed by atoms with Crippen LogP contribution in [0.15, 0.2) is 36.0 Å². The molecule has 0 aromatic carbocycles. The lowest BCUT2D eigenvalue weighted by Crippen LogP contribution is -2.18. The minimum atomic E-state index is 0.780. The molecule has 1 atom stereocenters. The van der Waals surface area contributed by atoms with E-state index in [0.717, 1.165) is 5.92 Å². The second-order valence-electron chi connectivity index (χ2n) is 4.01. The van der Waals surface area contributed by atoms with Crippen molar-refractivity contribution in [3.8, 4) is 0 Å². The molecule has 0 radical (unpaired) electrons. The maximum atomic E-state index is 2.53. The normalized spacial score (nSPS) is 30.2. The zero-order chi connectivity index (χ0) is 8.67. The molecule has 0 saturated heterocycles. The van der Waals surface area contributed by atoms with Gasteiger partial charge in [-0.1, -0.05) is 24.3 Å². The van der Waals surface area contributed by atoms with Gasteiger partial charge >= 0.3 is 0 Å². The Kier molecular flexibility index (Phi) is 1.51. The highest BCUT2D eigenvalue weighted by molar-refractivity contribution is 6.06. The maximum Gasteiger partial charge on any atom is 0.203 e. The van der Waals surface area contributed by atoms with Crippen molar-refractivity contribution in [2.75, 3.05) is 13.1 Å². The first-order valence-electron chi connectivity index (χ1n) is 5.11. The van der Waals surface area contributed by atoms with Crippen molar-refractivity contribution in [1.29, 1.82) is 0 Å². The lowest BCUT2D eigenvalue weighted by atomic mass is 9.91. The van der Waals surface area contributed by atoms with Gasteiger partial charge in [0, 0.05) is 18.1 Å². The average Bonchev–Trinajstić information content (AvgIpc) is 2.56. The minimum Gasteiger partial charge on any atom is -0.229 e. The molecule has 0 bridgehead atoms. The number of hydrogen-bond donors (Lipinski definition) is 0. The highest BCUT2D eigenvalue weighted by Gasteiger charge is 2.35. The molecule has 2 heterocycles. The molecule has 3 rings (SSSR count). The van der Waals surface area contributed by atoms with Gasteiger partial charge in [-0.3, -0.25) is 0 Å². The van der Waals surface area contributed by atoms with Crippen LogP contribution in [0.25, 0.3) is 0 Å². The first-order valence-corrected chi connectivity index (χ1v) is 5.11. The first kappa shape index (κ1) is 7.31. The van der Waals surface area contributed by atoms with Gasteiger partial charge in [0.15, 0.2) is 6.54 Å². The molecule has 1 heteroatoms. The summed E-state index contributed by atoms with van der Waals surface area (Å²) in [4.78, 5) is 0. The fourth-order valence-corrected chi connectivity index (χ4v) is 2.53. The van der Waals surface area contributed by atoms with Crippen LogP contribution in [-0.4, -0.2) is 23.4 Å². The van der Waals surface area contributed by atoms with E-state index in [2.05, 4.69) is 35.0 Å². The zero-order valence-corrected chi connectivity index (χ0v) is 7.74. The molecule has 0 saturated carbocycles. The van der Waals surface area contributed by atoms with E-state index in [9.17, 15) is 0 Å². The van der Waals surface area contributed by atoms with Crippen molar-refractivity contribution in [3.05, 3.63) is 36.0 Å². The van der Waals surface area contributed by atoms with Crippen LogP contribution < -0.4 is 0 Å². The second-order valence-corrected chi connectivity index (χ2v) is 4.01. The van der Waals surface area contributed by atoms with Gasteiger partial charge in [-0.15, -0.1) is 0 Å². The fraction of sp³-hybridized carbons (Fsp3) is 0.417. The van der Waals surface area contributed by atoms with Crippen molar-refractivity contribution in [3.63, 3.8) is 0 Å². The summed E-state index contributed by atoms with van der Waals surface area (Å²) in [5.74, 6) is 0.780. The molecule has 0 amide bonds. The van der Waals surface area contributed by atoms with Gasteiger partial charge in [0.2, 0.25) is 5.71 Å². The van der Waals surface area contributed by atoms with Gasteiger partial charge in [0.05, 0.1) is 5.92 Å². The van der Waals surface area contributed by atoms with Crippen molar-refractivity contribution >= 4 is 5.71 Å². The largest absolute Gasteiger partial charge is 0.229 e. The molecule has 1 nitrogen and oxygen atoms in total. The lowest BCUT2D eigenvalue weighted by Gasteiger charge is -2.07. The van der Waals surface area contributed by atoms with Gasteiger partial charge in [-0.05, 0) is 6.42 Å². The zero-order valence-electron chi connectivity index (χ0n) is 7.74. The summed E-state index contributed by atoms with van der Waals surface area (Å²) in [6.07, 6.45) is 13.8. The molecule has 1 unspecified atom stereocenters. The van der Waals surface area contributed by atoms with Crippen LogP contribution in [-0.2, 0) is 0 Å². The summed E-state index contributed by atoms with van der Waals surface area (Å²) in [6.45, 7) is 2.47. The third-order valence-electron chi connectivity index (χ3n) is 3.19. The van der Waals surface area contributed by atoms with Crippen molar-refractivity contribution in [2.24, 2.45) is 5.92 Å². The molecule has 3 aliphatic rings. The van der Waals surface area contributed by atoms with Crippen molar-refractivity contribution in [2.45, 2.75) is 12.8 Å². The van der Waals surface area contributed by atoms with Crippen LogP contribution in [0.3, 0.4) is 0 Å². The highest BCUT2D eigenvalue weighted by atomic mass is 15.0. The summed E-state index contributed by atoms with van der Waals surface area (Å²) < 4.78 is 2.53. The molecule has 2 aliphatic heterocycles. The van der Waals surface area contributed by atoms with E-state index >= 15 is 0 Å². The van der Waals surface area contributed by atoms with E-state index in [1.54, 1.807) is 5.57 Å². The summed E-state index contributed by atoms with van der Waals surface area (Å²) in [5.41, 5.74) is 3.05. The van der Waals surface area contributed by atoms with Crippen LogP contribution in [0.4, 0.5) is 0 Å². The van der Waals surface area contributed by atoms with E-state index in [-0.39, 0.29) is 0 Å². The van der Waals surface area contributed by atoms with Crippen LogP contribution in [0.5, 0.6) is 0 Å². The molecule has 0 fully saturated rings. The second kappa shape index (κ2) is 2.69. The molecular formula is C12H14N+. The Bertz CT molecular complexity index is 355. The first-order chi connectivity index (χ1) is 6.45. The van der Waals surface area contributed by atoms with E-state index in [1.807, 2.05) is 0 Å². The molecule has 0 aromatic rings. The Morgan fingerprint density at radius 2 is 2.31 bits per heavy atom. The smallest absolute Gasteiger partial charge is 0.203 e. The molecule has 0 spiro atoms. The van der Waals surface area contributed by atoms with Crippen molar-refractivity contribution in [1.82, 2.24) is 0 Å². The Morgan fingerprint density at radius 3 is 3.31 bits per heavy atom. The molecule has 1 aliphatic carbocycles. The molecule has 0 aromatic heterocycles. The number of rotatable bonds is 0. The van der Waals surface area contributed by atoms with Crippen LogP contribution in [0.2, 0.25) is 0 Å². The quantitative estimate of drug-likeness (QED) is 0.491. The van der Waals surface area contributed by atoms with Gasteiger partial charge in [0.1, 0.15) is 6.54 Å². The molecular weight excluding hydrogens is 158 g/mol. The minimum absolute atomic E-state index is 0.780. The van der Waals surface area contributed by atoms with Gasteiger partial charge in [-0.2, -0.15) is 0 Å². The number of nitrogens with zero attached hydrogens (tertiary/aromatic N) is 1. The molecule has 66 valence electrons. The standard InChI is InChI=1S/C12H14N/c1-2-6-11-10(5-1)9-13-8-4-3-7-12(11)13/h1-3,6-7,10H,4-5,8-9H2/q+1. The van der Waals surface area contributed by atoms with Crippen LogP contribution >= 0.6 is 0 Å². The average molecular weight is 172 g/mol. The van der Waals surface area contributed by atoms with Gasteiger partial charge in [-0.25, -0.2) is 4.58 Å². The van der Waals surface area contributed by atoms with Crippen LogP contribution in [0, 0.1) is 5.92 Å². The predicted molar refractivity (Wildman–Crippen MR) is 54.1 cm³/mol. The topological polar surface area (TPSA) is 3.01 Å². The number of hydrogen-bond acceptors (Lipinski definition) is 0. The maximum absolute atomic E-state index is 2.53. The predicted octanol–water partition coefficient (Wildman–Crippen LogP) is 1.92. The monoisotopic (exact) mass is 172 g/mol. The highest BCUT2D eigenvalue weighted by Crippen LogP contribution is 2.29.